The fourth-order valence-corrected chi connectivity index (χ4v) is 2.83. The van der Waals surface area contributed by atoms with E-state index >= 15 is 0 Å². The first-order valence-corrected chi connectivity index (χ1v) is 8.31. The smallest absolute Gasteiger partial charge is 0.255 e. The van der Waals surface area contributed by atoms with Gasteiger partial charge in [0.15, 0.2) is 0 Å². The third kappa shape index (κ3) is 4.03. The van der Waals surface area contributed by atoms with Gasteiger partial charge in [-0.2, -0.15) is 0 Å². The molecule has 0 spiro atoms. The highest BCUT2D eigenvalue weighted by molar-refractivity contribution is 9.10. The zero-order valence-electron chi connectivity index (χ0n) is 13.1. The van der Waals surface area contributed by atoms with E-state index in [9.17, 15) is 4.79 Å². The molecule has 3 rings (SSSR count). The highest BCUT2D eigenvalue weighted by Crippen LogP contribution is 2.25. The lowest BCUT2D eigenvalue weighted by molar-refractivity contribution is 0.102. The molecule has 3 aromatic carbocycles. The summed E-state index contributed by atoms with van der Waals surface area (Å²) in [7, 11) is 0. The van der Waals surface area contributed by atoms with E-state index in [0.717, 1.165) is 21.5 Å². The Balaban J connectivity index is 1.77. The lowest BCUT2D eigenvalue weighted by Crippen LogP contribution is -2.12. The predicted octanol–water partition coefficient (Wildman–Crippen LogP) is 5.80. The molecule has 0 aromatic heterocycles. The number of ether oxygens (including phenoxy) is 1. The van der Waals surface area contributed by atoms with Crippen molar-refractivity contribution in [2.75, 3.05) is 5.32 Å². The van der Waals surface area contributed by atoms with E-state index in [0.29, 0.717) is 11.3 Å². The molecule has 0 bridgehead atoms. The van der Waals surface area contributed by atoms with Gasteiger partial charge in [-0.1, -0.05) is 30.3 Å². The topological polar surface area (TPSA) is 38.3 Å². The first-order chi connectivity index (χ1) is 11.6. The van der Waals surface area contributed by atoms with Crippen LogP contribution in [0.5, 0.6) is 11.5 Å². The number of halogens is 1. The van der Waals surface area contributed by atoms with Crippen molar-refractivity contribution in [1.82, 2.24) is 0 Å². The maximum atomic E-state index is 12.5. The Morgan fingerprint density at radius 3 is 2.42 bits per heavy atom. The number of rotatable bonds is 4. The van der Waals surface area contributed by atoms with Gasteiger partial charge in [-0.3, -0.25) is 4.79 Å². The van der Waals surface area contributed by atoms with Crippen molar-refractivity contribution in [2.45, 2.75) is 6.92 Å². The van der Waals surface area contributed by atoms with Gasteiger partial charge in [0, 0.05) is 10.0 Å². The highest BCUT2D eigenvalue weighted by atomic mass is 79.9. The fraction of sp³-hybridized carbons (Fsp3) is 0.0500. The van der Waals surface area contributed by atoms with Crippen LogP contribution in [0.2, 0.25) is 0 Å². The Hall–Kier alpha value is -2.59. The molecule has 0 saturated carbocycles. The van der Waals surface area contributed by atoms with Crippen LogP contribution >= 0.6 is 15.9 Å². The molecule has 0 unspecified atom stereocenters. The molecular formula is C20H16BrNO2. The molecule has 1 N–H and O–H groups in total. The Bertz CT molecular complexity index is 863. The van der Waals surface area contributed by atoms with E-state index in [2.05, 4.69) is 21.2 Å². The van der Waals surface area contributed by atoms with Crippen molar-refractivity contribution in [2.24, 2.45) is 0 Å². The van der Waals surface area contributed by atoms with Crippen molar-refractivity contribution in [3.63, 3.8) is 0 Å². The van der Waals surface area contributed by atoms with E-state index in [1.54, 1.807) is 18.2 Å². The lowest BCUT2D eigenvalue weighted by atomic mass is 10.2. The molecule has 0 atom stereocenters. The van der Waals surface area contributed by atoms with Crippen LogP contribution in [0, 0.1) is 6.92 Å². The first-order valence-electron chi connectivity index (χ1n) is 7.52. The zero-order chi connectivity index (χ0) is 16.9. The number of hydrogen-bond donors (Lipinski definition) is 1. The van der Waals surface area contributed by atoms with Crippen LogP contribution in [0.15, 0.2) is 77.3 Å². The average molecular weight is 382 g/mol. The third-order valence-corrected chi connectivity index (χ3v) is 4.10. The van der Waals surface area contributed by atoms with Crippen LogP contribution in [-0.4, -0.2) is 5.91 Å². The fourth-order valence-electron chi connectivity index (χ4n) is 2.24. The number of benzene rings is 3. The van der Waals surface area contributed by atoms with E-state index in [4.69, 9.17) is 4.74 Å². The highest BCUT2D eigenvalue weighted by Gasteiger charge is 2.10. The van der Waals surface area contributed by atoms with Crippen molar-refractivity contribution in [1.29, 1.82) is 0 Å². The number of amides is 1. The Labute approximate surface area is 149 Å². The van der Waals surface area contributed by atoms with E-state index in [-0.39, 0.29) is 5.91 Å². The van der Waals surface area contributed by atoms with Crippen molar-refractivity contribution >= 4 is 27.5 Å². The first kappa shape index (κ1) is 16.3. The molecule has 0 radical (unpaired) electrons. The van der Waals surface area contributed by atoms with Gasteiger partial charge in [-0.05, 0) is 70.9 Å². The van der Waals surface area contributed by atoms with Crippen LogP contribution in [0.4, 0.5) is 5.69 Å². The second kappa shape index (κ2) is 7.32. The molecule has 0 aliphatic carbocycles. The van der Waals surface area contributed by atoms with Crippen LogP contribution in [0.25, 0.3) is 0 Å². The number of aryl methyl sites for hydroxylation is 1. The number of carbonyl (C=O) groups excluding carboxylic acids is 1. The molecule has 4 heteroatoms. The minimum atomic E-state index is -0.182. The van der Waals surface area contributed by atoms with Gasteiger partial charge in [-0.25, -0.2) is 0 Å². The molecule has 1 amide bonds. The lowest BCUT2D eigenvalue weighted by Gasteiger charge is -2.10. The number of nitrogens with one attached hydrogen (secondary N) is 1. The number of hydrogen-bond acceptors (Lipinski definition) is 2. The minimum absolute atomic E-state index is 0.182. The standard InChI is InChI=1S/C20H16BrNO2/c1-14-10-11-19(18(21)12-14)22-20(23)15-6-5-9-17(13-15)24-16-7-3-2-4-8-16/h2-13H,1H3,(H,22,23). The van der Waals surface area contributed by atoms with Crippen molar-refractivity contribution < 1.29 is 9.53 Å². The molecular weight excluding hydrogens is 366 g/mol. The largest absolute Gasteiger partial charge is 0.457 e. The molecule has 120 valence electrons. The van der Waals surface area contributed by atoms with Gasteiger partial charge in [0.1, 0.15) is 11.5 Å². The quantitative estimate of drug-likeness (QED) is 0.619. The molecule has 0 aliphatic rings. The molecule has 3 nitrogen and oxygen atoms in total. The number of anilines is 1. The molecule has 3 aromatic rings. The third-order valence-electron chi connectivity index (χ3n) is 3.45. The zero-order valence-corrected chi connectivity index (χ0v) is 14.7. The molecule has 0 heterocycles. The van der Waals surface area contributed by atoms with E-state index in [1.165, 1.54) is 0 Å². The second-order valence-electron chi connectivity index (χ2n) is 5.38. The summed E-state index contributed by atoms with van der Waals surface area (Å²) < 4.78 is 6.62. The summed E-state index contributed by atoms with van der Waals surface area (Å²) >= 11 is 3.47. The van der Waals surface area contributed by atoms with Gasteiger partial charge in [0.2, 0.25) is 0 Å². The van der Waals surface area contributed by atoms with Crippen LogP contribution in [-0.2, 0) is 0 Å². The Kier molecular flexibility index (Phi) is 4.96. The van der Waals surface area contributed by atoms with Crippen LogP contribution < -0.4 is 10.1 Å². The normalized spacial score (nSPS) is 10.2. The summed E-state index contributed by atoms with van der Waals surface area (Å²) in [5, 5.41) is 2.90. The average Bonchev–Trinajstić information content (AvgIpc) is 2.58. The monoisotopic (exact) mass is 381 g/mol. The van der Waals surface area contributed by atoms with Crippen molar-refractivity contribution in [3.8, 4) is 11.5 Å². The summed E-state index contributed by atoms with van der Waals surface area (Å²) in [5.74, 6) is 1.17. The van der Waals surface area contributed by atoms with Crippen LogP contribution in [0.1, 0.15) is 15.9 Å². The molecule has 0 saturated heterocycles. The molecule has 0 aliphatic heterocycles. The molecule has 0 fully saturated rings. The van der Waals surface area contributed by atoms with Gasteiger partial charge in [0.25, 0.3) is 5.91 Å². The van der Waals surface area contributed by atoms with Gasteiger partial charge in [0.05, 0.1) is 5.69 Å². The molecule has 24 heavy (non-hydrogen) atoms. The van der Waals surface area contributed by atoms with E-state index < -0.39 is 0 Å². The maximum absolute atomic E-state index is 12.5. The van der Waals surface area contributed by atoms with Gasteiger partial charge >= 0.3 is 0 Å². The summed E-state index contributed by atoms with van der Waals surface area (Å²) in [4.78, 5) is 12.5. The Morgan fingerprint density at radius 1 is 0.917 bits per heavy atom. The SMILES string of the molecule is Cc1ccc(NC(=O)c2cccc(Oc3ccccc3)c2)c(Br)c1. The van der Waals surface area contributed by atoms with Crippen LogP contribution in [0.3, 0.4) is 0 Å². The Morgan fingerprint density at radius 2 is 1.67 bits per heavy atom. The number of para-hydroxylation sites is 1. The number of carbonyl (C=O) groups is 1. The summed E-state index contributed by atoms with van der Waals surface area (Å²) in [5.41, 5.74) is 2.40. The summed E-state index contributed by atoms with van der Waals surface area (Å²) in [6, 6.07) is 22.4. The van der Waals surface area contributed by atoms with E-state index in [1.807, 2.05) is 61.5 Å². The second-order valence-corrected chi connectivity index (χ2v) is 6.23. The maximum Gasteiger partial charge on any atom is 0.255 e. The van der Waals surface area contributed by atoms with Gasteiger partial charge in [-0.15, -0.1) is 0 Å². The summed E-state index contributed by atoms with van der Waals surface area (Å²) in [6.45, 7) is 2.00. The predicted molar refractivity (Wildman–Crippen MR) is 99.8 cm³/mol. The summed E-state index contributed by atoms with van der Waals surface area (Å²) in [6.07, 6.45) is 0. The van der Waals surface area contributed by atoms with Crippen molar-refractivity contribution in [3.05, 3.63) is 88.4 Å². The van der Waals surface area contributed by atoms with Gasteiger partial charge < -0.3 is 10.1 Å². The minimum Gasteiger partial charge on any atom is -0.457 e.